The predicted molar refractivity (Wildman–Crippen MR) is 37.8 cm³/mol. The van der Waals surface area contributed by atoms with Crippen LogP contribution in [-0.2, 0) is 9.53 Å². The van der Waals surface area contributed by atoms with Crippen LogP contribution in [0.1, 0.15) is 6.42 Å². The third-order valence-electron chi connectivity index (χ3n) is 2.10. The van der Waals surface area contributed by atoms with E-state index >= 15 is 0 Å². The molecule has 0 aromatic heterocycles. The van der Waals surface area contributed by atoms with E-state index in [1.807, 2.05) is 12.2 Å². The molecule has 1 heterocycles. The molecule has 0 spiro atoms. The highest BCUT2D eigenvalue weighted by molar-refractivity contribution is 5.92. The molecule has 3 heteroatoms. The van der Waals surface area contributed by atoms with Crippen LogP contribution in [0.4, 0.5) is 0 Å². The van der Waals surface area contributed by atoms with Crippen molar-refractivity contribution in [2.24, 2.45) is 5.92 Å². The number of carbonyl (C=O) groups is 1. The molecular weight excluding hydrogens is 144 g/mol. The molecule has 0 amide bonds. The number of ether oxygens (including phenoxy) is 1. The molecule has 1 aliphatic heterocycles. The average molecular weight is 152 g/mol. The van der Waals surface area contributed by atoms with Crippen molar-refractivity contribution < 1.29 is 14.6 Å². The second-order valence-corrected chi connectivity index (χ2v) is 2.72. The number of aliphatic hydroxyl groups excluding tert-OH is 1. The molecule has 1 saturated heterocycles. The van der Waals surface area contributed by atoms with Gasteiger partial charge >= 0.3 is 5.97 Å². The summed E-state index contributed by atoms with van der Waals surface area (Å²) in [6, 6.07) is 0. The van der Waals surface area contributed by atoms with E-state index in [4.69, 9.17) is 9.84 Å². The van der Waals surface area contributed by atoms with Crippen molar-refractivity contribution in [3.05, 3.63) is 24.0 Å². The molecule has 1 N–H and O–H groups in total. The zero-order valence-corrected chi connectivity index (χ0v) is 5.86. The summed E-state index contributed by atoms with van der Waals surface area (Å²) in [5.74, 6) is -0.389. The third kappa shape index (κ3) is 0.770. The van der Waals surface area contributed by atoms with Gasteiger partial charge in [-0.05, 0) is 0 Å². The normalized spacial score (nSPS) is 37.8. The molecule has 58 valence electrons. The van der Waals surface area contributed by atoms with Crippen LogP contribution in [0, 0.1) is 5.92 Å². The lowest BCUT2D eigenvalue weighted by Gasteiger charge is -2.03. The van der Waals surface area contributed by atoms with E-state index in [-0.39, 0.29) is 18.0 Å². The van der Waals surface area contributed by atoms with Crippen LogP contribution >= 0.6 is 0 Å². The number of hydrogen-bond acceptors (Lipinski definition) is 3. The Morgan fingerprint density at radius 3 is 3.27 bits per heavy atom. The largest absolute Gasteiger partial charge is 0.515 e. The topological polar surface area (TPSA) is 46.5 Å². The second kappa shape index (κ2) is 2.12. The Labute approximate surface area is 64.0 Å². The fourth-order valence-corrected chi connectivity index (χ4v) is 1.54. The maximum atomic E-state index is 10.9. The van der Waals surface area contributed by atoms with Gasteiger partial charge in [-0.3, -0.25) is 0 Å². The molecule has 1 aliphatic carbocycles. The van der Waals surface area contributed by atoms with Crippen LogP contribution in [0.5, 0.6) is 0 Å². The summed E-state index contributed by atoms with van der Waals surface area (Å²) in [7, 11) is 0. The van der Waals surface area contributed by atoms with Crippen molar-refractivity contribution in [3.8, 4) is 0 Å². The highest BCUT2D eigenvalue weighted by Gasteiger charge is 2.40. The van der Waals surface area contributed by atoms with Crippen molar-refractivity contribution in [1.29, 1.82) is 0 Å². The minimum absolute atomic E-state index is 0.00694. The fourth-order valence-electron chi connectivity index (χ4n) is 1.54. The molecule has 11 heavy (non-hydrogen) atoms. The molecule has 2 unspecified atom stereocenters. The monoisotopic (exact) mass is 152 g/mol. The van der Waals surface area contributed by atoms with E-state index in [1.54, 1.807) is 0 Å². The lowest BCUT2D eigenvalue weighted by molar-refractivity contribution is -0.138. The molecular formula is C8H8O3. The van der Waals surface area contributed by atoms with Gasteiger partial charge in [0.1, 0.15) is 6.10 Å². The number of esters is 1. The first-order valence-electron chi connectivity index (χ1n) is 3.55. The summed E-state index contributed by atoms with van der Waals surface area (Å²) < 4.78 is 4.96. The Bertz CT molecular complexity index is 252. The van der Waals surface area contributed by atoms with E-state index in [0.717, 1.165) is 12.7 Å². The van der Waals surface area contributed by atoms with Crippen LogP contribution in [0.3, 0.4) is 0 Å². The molecule has 0 aromatic rings. The van der Waals surface area contributed by atoms with Crippen molar-refractivity contribution in [2.45, 2.75) is 12.5 Å². The van der Waals surface area contributed by atoms with Crippen molar-refractivity contribution >= 4 is 5.97 Å². The van der Waals surface area contributed by atoms with Gasteiger partial charge in [-0.25, -0.2) is 4.79 Å². The van der Waals surface area contributed by atoms with Gasteiger partial charge in [0, 0.05) is 12.3 Å². The first-order chi connectivity index (χ1) is 5.33. The van der Waals surface area contributed by atoms with Crippen LogP contribution in [0.15, 0.2) is 24.0 Å². The smallest absolute Gasteiger partial charge is 0.338 e. The first-order valence-corrected chi connectivity index (χ1v) is 3.55. The maximum Gasteiger partial charge on any atom is 0.338 e. The van der Waals surface area contributed by atoms with Crippen molar-refractivity contribution in [1.82, 2.24) is 0 Å². The van der Waals surface area contributed by atoms with Gasteiger partial charge in [0.05, 0.1) is 11.8 Å². The number of carbonyl (C=O) groups excluding carboxylic acids is 1. The molecule has 0 saturated carbocycles. The highest BCUT2D eigenvalue weighted by Crippen LogP contribution is 2.34. The Morgan fingerprint density at radius 1 is 1.73 bits per heavy atom. The molecule has 0 bridgehead atoms. The SMILES string of the molecule is O=C1OC2CC=CC2/C1=C/O. The van der Waals surface area contributed by atoms with Crippen LogP contribution < -0.4 is 0 Å². The first kappa shape index (κ1) is 6.46. The predicted octanol–water partition coefficient (Wildman–Crippen LogP) is 0.930. The van der Waals surface area contributed by atoms with E-state index < -0.39 is 0 Å². The third-order valence-corrected chi connectivity index (χ3v) is 2.10. The van der Waals surface area contributed by atoms with Gasteiger partial charge in [-0.2, -0.15) is 0 Å². The Kier molecular flexibility index (Phi) is 1.24. The number of aliphatic hydroxyl groups is 1. The Hall–Kier alpha value is -1.25. The van der Waals surface area contributed by atoms with E-state index in [2.05, 4.69) is 0 Å². The maximum absolute atomic E-state index is 10.9. The minimum atomic E-state index is -0.383. The van der Waals surface area contributed by atoms with Crippen LogP contribution in [-0.4, -0.2) is 17.2 Å². The summed E-state index contributed by atoms with van der Waals surface area (Å²) in [6.45, 7) is 0. The Morgan fingerprint density at radius 2 is 2.55 bits per heavy atom. The van der Waals surface area contributed by atoms with Gasteiger partial charge in [0.2, 0.25) is 0 Å². The zero-order valence-electron chi connectivity index (χ0n) is 5.86. The summed E-state index contributed by atoms with van der Waals surface area (Å²) in [5.41, 5.74) is 0.378. The quantitative estimate of drug-likeness (QED) is 0.243. The summed E-state index contributed by atoms with van der Waals surface area (Å²) in [5, 5.41) is 8.69. The van der Waals surface area contributed by atoms with E-state index in [9.17, 15) is 4.79 Å². The van der Waals surface area contributed by atoms with Gasteiger partial charge in [-0.1, -0.05) is 12.2 Å². The lowest BCUT2D eigenvalue weighted by Crippen LogP contribution is -2.08. The molecule has 2 atom stereocenters. The van der Waals surface area contributed by atoms with Crippen molar-refractivity contribution in [3.63, 3.8) is 0 Å². The summed E-state index contributed by atoms with van der Waals surface area (Å²) in [6.07, 6.45) is 5.43. The van der Waals surface area contributed by atoms with E-state index in [0.29, 0.717) is 5.57 Å². The number of hydrogen-bond donors (Lipinski definition) is 1. The molecule has 1 fully saturated rings. The van der Waals surface area contributed by atoms with Crippen molar-refractivity contribution in [2.75, 3.05) is 0 Å². The second-order valence-electron chi connectivity index (χ2n) is 2.72. The standard InChI is InChI=1S/C8H8O3/c9-4-6-5-2-1-3-7(5)11-8(6)10/h1-2,4-5,7,9H,3H2/b6-4-. The highest BCUT2D eigenvalue weighted by atomic mass is 16.6. The molecule has 0 aromatic carbocycles. The Balaban J connectivity index is 2.33. The van der Waals surface area contributed by atoms with Gasteiger partial charge in [0.25, 0.3) is 0 Å². The lowest BCUT2D eigenvalue weighted by atomic mass is 10.0. The minimum Gasteiger partial charge on any atom is -0.515 e. The van der Waals surface area contributed by atoms with Gasteiger partial charge < -0.3 is 9.84 Å². The zero-order chi connectivity index (χ0) is 7.84. The van der Waals surface area contributed by atoms with Gasteiger partial charge in [-0.15, -0.1) is 0 Å². The molecule has 2 rings (SSSR count). The molecule has 3 nitrogen and oxygen atoms in total. The summed E-state index contributed by atoms with van der Waals surface area (Å²) >= 11 is 0. The van der Waals surface area contributed by atoms with Crippen LogP contribution in [0.2, 0.25) is 0 Å². The fraction of sp³-hybridized carbons (Fsp3) is 0.375. The molecule has 2 aliphatic rings. The summed E-state index contributed by atoms with van der Waals surface area (Å²) in [4.78, 5) is 10.9. The average Bonchev–Trinajstić information content (AvgIpc) is 2.46. The van der Waals surface area contributed by atoms with Crippen LogP contribution in [0.25, 0.3) is 0 Å². The number of fused-ring (bicyclic) bond motifs is 1. The van der Waals surface area contributed by atoms with Gasteiger partial charge in [0.15, 0.2) is 0 Å². The van der Waals surface area contributed by atoms with E-state index in [1.165, 1.54) is 0 Å². The number of rotatable bonds is 0. The molecule has 0 radical (unpaired) electrons.